The molecule has 0 aromatic rings. The fraction of sp³-hybridized carbons (Fsp3) is 0.882. The topological polar surface area (TPSA) is 57.2 Å². The molecule has 0 spiro atoms. The molecule has 0 saturated carbocycles. The summed E-state index contributed by atoms with van der Waals surface area (Å²) in [6.07, 6.45) is 5.22. The van der Waals surface area contributed by atoms with Gasteiger partial charge in [0, 0.05) is 52.3 Å². The second kappa shape index (κ2) is 9.75. The molecule has 0 aromatic heterocycles. The molecule has 2 heterocycles. The van der Waals surface area contributed by atoms with Gasteiger partial charge in [-0.1, -0.05) is 0 Å². The number of carbonyl (C=O) groups is 1. The van der Waals surface area contributed by atoms with Crippen LogP contribution in [0.1, 0.15) is 46.0 Å². The lowest BCUT2D eigenvalue weighted by molar-refractivity contribution is -0.127. The van der Waals surface area contributed by atoms with Crippen LogP contribution < -0.4 is 5.32 Å². The van der Waals surface area contributed by atoms with Crippen molar-refractivity contribution in [3.8, 4) is 0 Å². The Balaban J connectivity index is 1.75. The number of carbonyl (C=O) groups excluding carboxylic acids is 1. The number of ether oxygens (including phenoxy) is 1. The molecule has 6 heteroatoms. The van der Waals surface area contributed by atoms with E-state index in [0.717, 1.165) is 83.9 Å². The number of aliphatic imine (C=N–C) groups is 1. The number of likely N-dealkylation sites (tertiary alicyclic amines) is 2. The predicted molar refractivity (Wildman–Crippen MR) is 92.6 cm³/mol. The second-order valence-electron chi connectivity index (χ2n) is 6.22. The van der Waals surface area contributed by atoms with Gasteiger partial charge < -0.3 is 19.9 Å². The van der Waals surface area contributed by atoms with Crippen LogP contribution in [0.2, 0.25) is 0 Å². The molecule has 0 bridgehead atoms. The number of rotatable bonds is 7. The Hall–Kier alpha value is -1.30. The molecule has 0 radical (unpaired) electrons. The average molecular weight is 324 g/mol. The lowest BCUT2D eigenvalue weighted by Crippen LogP contribution is -2.47. The fourth-order valence-corrected chi connectivity index (χ4v) is 3.28. The molecule has 23 heavy (non-hydrogen) atoms. The lowest BCUT2D eigenvalue weighted by Gasteiger charge is -2.34. The highest BCUT2D eigenvalue weighted by atomic mass is 16.5. The number of nitrogens with one attached hydrogen (secondary N) is 1. The van der Waals surface area contributed by atoms with Crippen molar-refractivity contribution in [3.05, 3.63) is 0 Å². The highest BCUT2D eigenvalue weighted by molar-refractivity contribution is 5.80. The zero-order chi connectivity index (χ0) is 16.5. The first-order chi connectivity index (χ1) is 11.2. The van der Waals surface area contributed by atoms with Gasteiger partial charge in [0.25, 0.3) is 0 Å². The summed E-state index contributed by atoms with van der Waals surface area (Å²) in [4.78, 5) is 20.6. The Morgan fingerprint density at radius 3 is 2.70 bits per heavy atom. The zero-order valence-electron chi connectivity index (χ0n) is 14.7. The van der Waals surface area contributed by atoms with Crippen molar-refractivity contribution in [2.75, 3.05) is 45.9 Å². The Labute approximate surface area is 140 Å². The first kappa shape index (κ1) is 18.0. The van der Waals surface area contributed by atoms with Crippen LogP contribution in [-0.4, -0.2) is 73.6 Å². The fourth-order valence-electron chi connectivity index (χ4n) is 3.28. The van der Waals surface area contributed by atoms with Crippen LogP contribution in [0, 0.1) is 0 Å². The highest BCUT2D eigenvalue weighted by Crippen LogP contribution is 2.14. The zero-order valence-corrected chi connectivity index (χ0v) is 14.7. The number of guanidine groups is 1. The Kier molecular flexibility index (Phi) is 7.65. The largest absolute Gasteiger partial charge is 0.378 e. The van der Waals surface area contributed by atoms with Crippen molar-refractivity contribution in [3.63, 3.8) is 0 Å². The van der Waals surface area contributed by atoms with Crippen molar-refractivity contribution in [2.45, 2.75) is 52.1 Å². The molecule has 2 saturated heterocycles. The van der Waals surface area contributed by atoms with Gasteiger partial charge in [-0.3, -0.25) is 9.79 Å². The predicted octanol–water partition coefficient (Wildman–Crippen LogP) is 1.47. The van der Waals surface area contributed by atoms with Gasteiger partial charge in [0.2, 0.25) is 5.91 Å². The van der Waals surface area contributed by atoms with E-state index in [1.54, 1.807) is 0 Å². The molecular formula is C17H32N4O2. The van der Waals surface area contributed by atoms with Crippen LogP contribution in [-0.2, 0) is 9.53 Å². The highest BCUT2D eigenvalue weighted by Gasteiger charge is 2.22. The molecule has 0 unspecified atom stereocenters. The van der Waals surface area contributed by atoms with Crippen molar-refractivity contribution in [1.29, 1.82) is 0 Å². The summed E-state index contributed by atoms with van der Waals surface area (Å²) in [5, 5.41) is 3.39. The van der Waals surface area contributed by atoms with E-state index in [0.29, 0.717) is 12.0 Å². The first-order valence-electron chi connectivity index (χ1n) is 9.17. The maximum atomic E-state index is 11.6. The molecule has 0 atom stereocenters. The lowest BCUT2D eigenvalue weighted by atomic mass is 10.1. The minimum Gasteiger partial charge on any atom is -0.378 e. The summed E-state index contributed by atoms with van der Waals surface area (Å²) < 4.78 is 5.71. The number of hydrogen-bond acceptors (Lipinski definition) is 3. The van der Waals surface area contributed by atoms with Gasteiger partial charge >= 0.3 is 0 Å². The molecule has 6 nitrogen and oxygen atoms in total. The molecule has 0 aromatic carbocycles. The number of piperidine rings is 1. The van der Waals surface area contributed by atoms with E-state index in [2.05, 4.69) is 24.1 Å². The standard InChI is InChI=1S/C17H32N4O2/c1-3-18-17(21-13-8-15(9-14-21)23-4-2)19-10-6-12-20-11-5-7-16(20)22/h15H,3-14H2,1-2H3,(H,18,19). The van der Waals surface area contributed by atoms with E-state index in [9.17, 15) is 4.79 Å². The average Bonchev–Trinajstić information content (AvgIpc) is 2.97. The summed E-state index contributed by atoms with van der Waals surface area (Å²) in [6.45, 7) is 10.4. The van der Waals surface area contributed by atoms with Crippen LogP contribution in [0.3, 0.4) is 0 Å². The minimum atomic E-state index is 0.305. The Morgan fingerprint density at radius 2 is 2.09 bits per heavy atom. The van der Waals surface area contributed by atoms with Crippen molar-refractivity contribution >= 4 is 11.9 Å². The molecule has 0 aliphatic carbocycles. The Bertz CT molecular complexity index is 392. The number of nitrogens with zero attached hydrogens (tertiary/aromatic N) is 3. The van der Waals surface area contributed by atoms with E-state index in [-0.39, 0.29) is 0 Å². The van der Waals surface area contributed by atoms with E-state index in [1.165, 1.54) is 0 Å². The van der Waals surface area contributed by atoms with Gasteiger partial charge in [0.1, 0.15) is 0 Å². The van der Waals surface area contributed by atoms with Gasteiger partial charge in [-0.05, 0) is 39.5 Å². The molecule has 2 aliphatic rings. The maximum absolute atomic E-state index is 11.6. The minimum absolute atomic E-state index is 0.305. The quantitative estimate of drug-likeness (QED) is 0.438. The smallest absolute Gasteiger partial charge is 0.222 e. The summed E-state index contributed by atoms with van der Waals surface area (Å²) in [5.74, 6) is 1.31. The van der Waals surface area contributed by atoms with Crippen molar-refractivity contribution < 1.29 is 9.53 Å². The number of hydrogen-bond donors (Lipinski definition) is 1. The van der Waals surface area contributed by atoms with Gasteiger partial charge in [-0.15, -0.1) is 0 Å². The van der Waals surface area contributed by atoms with Gasteiger partial charge in [-0.2, -0.15) is 0 Å². The molecule has 1 N–H and O–H groups in total. The molecule has 1 amide bonds. The van der Waals surface area contributed by atoms with Crippen LogP contribution in [0.15, 0.2) is 4.99 Å². The summed E-state index contributed by atoms with van der Waals surface area (Å²) in [5.41, 5.74) is 0. The van der Waals surface area contributed by atoms with E-state index in [4.69, 9.17) is 9.73 Å². The second-order valence-corrected chi connectivity index (χ2v) is 6.22. The van der Waals surface area contributed by atoms with Gasteiger partial charge in [-0.25, -0.2) is 0 Å². The molecule has 2 aliphatic heterocycles. The van der Waals surface area contributed by atoms with Crippen LogP contribution >= 0.6 is 0 Å². The van der Waals surface area contributed by atoms with Crippen LogP contribution in [0.4, 0.5) is 0 Å². The van der Waals surface area contributed by atoms with E-state index < -0.39 is 0 Å². The summed E-state index contributed by atoms with van der Waals surface area (Å²) in [6, 6.07) is 0. The molecule has 132 valence electrons. The Morgan fingerprint density at radius 1 is 1.30 bits per heavy atom. The van der Waals surface area contributed by atoms with Crippen LogP contribution in [0.25, 0.3) is 0 Å². The summed E-state index contributed by atoms with van der Waals surface area (Å²) >= 11 is 0. The molecule has 2 fully saturated rings. The molecular weight excluding hydrogens is 292 g/mol. The number of amides is 1. The summed E-state index contributed by atoms with van der Waals surface area (Å²) in [7, 11) is 0. The normalized spacial score (nSPS) is 20.4. The monoisotopic (exact) mass is 324 g/mol. The third-order valence-corrected chi connectivity index (χ3v) is 4.50. The maximum Gasteiger partial charge on any atom is 0.222 e. The first-order valence-corrected chi connectivity index (χ1v) is 9.17. The van der Waals surface area contributed by atoms with E-state index >= 15 is 0 Å². The third-order valence-electron chi connectivity index (χ3n) is 4.50. The van der Waals surface area contributed by atoms with Gasteiger partial charge in [0.05, 0.1) is 6.10 Å². The molecule has 2 rings (SSSR count). The van der Waals surface area contributed by atoms with E-state index in [1.807, 2.05) is 4.90 Å². The van der Waals surface area contributed by atoms with Crippen LogP contribution in [0.5, 0.6) is 0 Å². The van der Waals surface area contributed by atoms with Crippen molar-refractivity contribution in [1.82, 2.24) is 15.1 Å². The van der Waals surface area contributed by atoms with Gasteiger partial charge in [0.15, 0.2) is 5.96 Å². The SMILES string of the molecule is CCNC(=NCCCN1CCCC1=O)N1CCC(OCC)CC1. The van der Waals surface area contributed by atoms with Crippen molar-refractivity contribution in [2.24, 2.45) is 4.99 Å². The third kappa shape index (κ3) is 5.68.